The molecule has 2 aromatic carbocycles. The van der Waals surface area contributed by atoms with Gasteiger partial charge in [0.05, 0.1) is 17.6 Å². The molecule has 0 saturated carbocycles. The maximum absolute atomic E-state index is 12.1. The van der Waals surface area contributed by atoms with Gasteiger partial charge in [0.1, 0.15) is 6.61 Å². The molecule has 32 heavy (non-hydrogen) atoms. The van der Waals surface area contributed by atoms with E-state index in [0.717, 1.165) is 28.6 Å². The number of nitrogens with zero attached hydrogens (tertiary/aromatic N) is 3. The van der Waals surface area contributed by atoms with Crippen LogP contribution in [0.25, 0.3) is 16.9 Å². The van der Waals surface area contributed by atoms with E-state index >= 15 is 0 Å². The van der Waals surface area contributed by atoms with Crippen LogP contribution in [0.5, 0.6) is 5.88 Å². The van der Waals surface area contributed by atoms with Crippen LogP contribution in [0.4, 0.5) is 5.69 Å². The van der Waals surface area contributed by atoms with Crippen molar-refractivity contribution >= 4 is 15.7 Å². The van der Waals surface area contributed by atoms with E-state index in [1.165, 1.54) is 9.36 Å². The molecule has 0 bridgehead atoms. The SMILES string of the molecule is Cc1cccc(-n2[nH]n(C)c2=O)c1COc1cccc(-c2ccc(NS(C)(=O)=O)cc2)n1. The lowest BCUT2D eigenvalue weighted by molar-refractivity contribution is 0.292. The molecular formula is C22H23N5O4S. The fourth-order valence-electron chi connectivity index (χ4n) is 3.31. The lowest BCUT2D eigenvalue weighted by Gasteiger charge is -2.18. The maximum atomic E-state index is 12.1. The molecule has 0 spiro atoms. The van der Waals surface area contributed by atoms with E-state index in [-0.39, 0.29) is 12.3 Å². The predicted octanol–water partition coefficient (Wildman–Crippen LogP) is 2.83. The molecule has 0 fully saturated rings. The molecule has 0 saturated heterocycles. The molecule has 2 heterocycles. The lowest BCUT2D eigenvalue weighted by Crippen LogP contribution is -2.40. The Morgan fingerprint density at radius 3 is 2.44 bits per heavy atom. The van der Waals surface area contributed by atoms with E-state index in [1.54, 1.807) is 37.4 Å². The minimum Gasteiger partial charge on any atom is -0.473 e. The molecule has 0 aliphatic heterocycles. The molecule has 10 heteroatoms. The number of anilines is 1. The van der Waals surface area contributed by atoms with Crippen molar-refractivity contribution < 1.29 is 13.2 Å². The Labute approximate surface area is 185 Å². The average Bonchev–Trinajstić information content (AvgIpc) is 2.76. The van der Waals surface area contributed by atoms with Crippen molar-refractivity contribution in [1.29, 1.82) is 0 Å². The highest BCUT2D eigenvalue weighted by atomic mass is 32.2. The Morgan fingerprint density at radius 1 is 1.06 bits per heavy atom. The first-order chi connectivity index (χ1) is 15.2. The molecule has 0 aliphatic rings. The smallest absolute Gasteiger partial charge is 0.364 e. The third-order valence-electron chi connectivity index (χ3n) is 4.93. The highest BCUT2D eigenvalue weighted by molar-refractivity contribution is 7.92. The topological polar surface area (TPSA) is 111 Å². The van der Waals surface area contributed by atoms with Gasteiger partial charge < -0.3 is 4.74 Å². The number of nitrogens with one attached hydrogen (secondary N) is 2. The molecule has 4 aromatic rings. The van der Waals surface area contributed by atoms with Crippen LogP contribution in [0.15, 0.2) is 65.5 Å². The van der Waals surface area contributed by atoms with Gasteiger partial charge in [-0.15, -0.1) is 0 Å². The third-order valence-corrected chi connectivity index (χ3v) is 5.53. The molecule has 0 unspecified atom stereocenters. The number of aryl methyl sites for hydroxylation is 2. The first-order valence-corrected chi connectivity index (χ1v) is 11.7. The molecule has 0 amide bonds. The van der Waals surface area contributed by atoms with Crippen LogP contribution in [0.2, 0.25) is 0 Å². The number of hydrogen-bond donors (Lipinski definition) is 2. The monoisotopic (exact) mass is 453 g/mol. The second-order valence-corrected chi connectivity index (χ2v) is 9.20. The Morgan fingerprint density at radius 2 is 1.78 bits per heavy atom. The first-order valence-electron chi connectivity index (χ1n) is 9.82. The zero-order valence-corrected chi connectivity index (χ0v) is 18.7. The number of pyridine rings is 1. The lowest BCUT2D eigenvalue weighted by atomic mass is 10.1. The summed E-state index contributed by atoms with van der Waals surface area (Å²) in [5.74, 6) is 0.440. The zero-order chi connectivity index (χ0) is 22.9. The van der Waals surface area contributed by atoms with E-state index in [0.29, 0.717) is 17.3 Å². The van der Waals surface area contributed by atoms with Gasteiger partial charge in [-0.05, 0) is 36.8 Å². The number of H-pyrrole nitrogens is 1. The summed E-state index contributed by atoms with van der Waals surface area (Å²) < 4.78 is 34.0. The number of sulfonamides is 1. The van der Waals surface area contributed by atoms with Crippen molar-refractivity contribution in [2.45, 2.75) is 13.5 Å². The van der Waals surface area contributed by atoms with Crippen LogP contribution in [0.3, 0.4) is 0 Å². The van der Waals surface area contributed by atoms with Gasteiger partial charge in [0.2, 0.25) is 15.9 Å². The molecule has 0 radical (unpaired) electrons. The fourth-order valence-corrected chi connectivity index (χ4v) is 3.87. The molecule has 4 rings (SSSR count). The van der Waals surface area contributed by atoms with E-state index in [9.17, 15) is 13.2 Å². The average molecular weight is 454 g/mol. The maximum Gasteiger partial charge on any atom is 0.364 e. The van der Waals surface area contributed by atoms with Crippen LogP contribution in [-0.2, 0) is 23.7 Å². The summed E-state index contributed by atoms with van der Waals surface area (Å²) in [6.45, 7) is 2.21. The quantitative estimate of drug-likeness (QED) is 0.447. The third kappa shape index (κ3) is 4.59. The van der Waals surface area contributed by atoms with E-state index in [2.05, 4.69) is 14.9 Å². The number of benzene rings is 2. The number of ether oxygens (including phenoxy) is 1. The summed E-state index contributed by atoms with van der Waals surface area (Å²) in [5.41, 5.74) is 4.46. The van der Waals surface area contributed by atoms with Crippen LogP contribution in [-0.4, -0.2) is 34.2 Å². The van der Waals surface area contributed by atoms with E-state index in [4.69, 9.17) is 4.74 Å². The Balaban J connectivity index is 1.54. The Bertz CT molecular complexity index is 1420. The Kier molecular flexibility index (Phi) is 5.62. The zero-order valence-electron chi connectivity index (χ0n) is 17.9. The summed E-state index contributed by atoms with van der Waals surface area (Å²) in [5, 5.41) is 2.93. The molecule has 2 aromatic heterocycles. The van der Waals surface area contributed by atoms with Crippen molar-refractivity contribution in [2.24, 2.45) is 7.05 Å². The number of aromatic nitrogens is 4. The Hall–Kier alpha value is -3.79. The van der Waals surface area contributed by atoms with Crippen molar-refractivity contribution in [2.75, 3.05) is 11.0 Å². The normalized spacial score (nSPS) is 11.5. The van der Waals surface area contributed by atoms with Crippen molar-refractivity contribution in [1.82, 2.24) is 19.6 Å². The van der Waals surface area contributed by atoms with E-state index < -0.39 is 10.0 Å². The molecule has 9 nitrogen and oxygen atoms in total. The molecule has 0 atom stereocenters. The summed E-state index contributed by atoms with van der Waals surface area (Å²) in [4.78, 5) is 16.7. The first kappa shape index (κ1) is 21.4. The van der Waals surface area contributed by atoms with Gasteiger partial charge in [0, 0.05) is 29.9 Å². The highest BCUT2D eigenvalue weighted by Crippen LogP contribution is 2.24. The van der Waals surface area contributed by atoms with Crippen molar-refractivity contribution in [3.63, 3.8) is 0 Å². The van der Waals surface area contributed by atoms with E-state index in [1.807, 2.05) is 37.3 Å². The molecule has 166 valence electrons. The number of aromatic amines is 1. The molecular weight excluding hydrogens is 430 g/mol. The van der Waals surface area contributed by atoms with Gasteiger partial charge in [0.25, 0.3) is 0 Å². The van der Waals surface area contributed by atoms with Crippen LogP contribution >= 0.6 is 0 Å². The minimum atomic E-state index is -3.33. The van der Waals surface area contributed by atoms with Crippen LogP contribution in [0, 0.1) is 6.92 Å². The minimum absolute atomic E-state index is 0.147. The standard InChI is InChI=1S/C22H23N5O4S/c1-15-6-4-8-20(27-22(28)26(2)25-27)18(15)14-31-21-9-5-7-19(23-21)16-10-12-17(13-11-16)24-32(3,29)30/h4-13,24-25H,14H2,1-3H3. The van der Waals surface area contributed by atoms with Gasteiger partial charge in [-0.2, -0.15) is 4.68 Å². The molecule has 0 aliphatic carbocycles. The summed E-state index contributed by atoms with van der Waals surface area (Å²) in [7, 11) is -1.67. The largest absolute Gasteiger partial charge is 0.473 e. The van der Waals surface area contributed by atoms with Gasteiger partial charge in [-0.1, -0.05) is 30.3 Å². The second-order valence-electron chi connectivity index (χ2n) is 7.45. The highest BCUT2D eigenvalue weighted by Gasteiger charge is 2.14. The summed E-state index contributed by atoms with van der Waals surface area (Å²) >= 11 is 0. The van der Waals surface area contributed by atoms with Gasteiger partial charge in [-0.25, -0.2) is 28.1 Å². The fraction of sp³-hybridized carbons (Fsp3) is 0.182. The van der Waals surface area contributed by atoms with Gasteiger partial charge in [0.15, 0.2) is 0 Å². The summed E-state index contributed by atoms with van der Waals surface area (Å²) in [6, 6.07) is 18.1. The van der Waals surface area contributed by atoms with Crippen LogP contribution in [0.1, 0.15) is 11.1 Å². The molecule has 2 N–H and O–H groups in total. The number of hydrogen-bond acceptors (Lipinski definition) is 5. The predicted molar refractivity (Wildman–Crippen MR) is 123 cm³/mol. The van der Waals surface area contributed by atoms with Crippen LogP contribution < -0.4 is 15.1 Å². The van der Waals surface area contributed by atoms with Crippen molar-refractivity contribution in [3.05, 3.63) is 82.3 Å². The second kappa shape index (κ2) is 8.39. The number of rotatable bonds is 7. The van der Waals surface area contributed by atoms with Gasteiger partial charge >= 0.3 is 5.69 Å². The summed E-state index contributed by atoms with van der Waals surface area (Å²) in [6.07, 6.45) is 1.11. The van der Waals surface area contributed by atoms with Gasteiger partial charge in [-0.3, -0.25) is 4.72 Å². The van der Waals surface area contributed by atoms with Crippen molar-refractivity contribution in [3.8, 4) is 22.8 Å².